The van der Waals surface area contributed by atoms with Gasteiger partial charge in [-0.2, -0.15) is 0 Å². The Labute approximate surface area is 142 Å². The first kappa shape index (κ1) is 18.0. The highest BCUT2D eigenvalue weighted by molar-refractivity contribution is 5.96. The number of carbonyl (C=O) groups is 2. The second-order valence-electron chi connectivity index (χ2n) is 6.04. The zero-order valence-electron chi connectivity index (χ0n) is 13.6. The number of ether oxygens (including phenoxy) is 4. The molecule has 0 aliphatic carbocycles. The molecule has 2 saturated heterocycles. The molecule has 0 aromatic rings. The first-order chi connectivity index (χ1) is 11.8. The first-order valence-electron chi connectivity index (χ1n) is 7.56. The highest BCUT2D eigenvalue weighted by Gasteiger charge is 2.65. The minimum atomic E-state index is -2.00. The molecule has 0 aromatic heterocycles. The van der Waals surface area contributed by atoms with Gasteiger partial charge in [0.1, 0.15) is 30.2 Å². The van der Waals surface area contributed by atoms with Crippen LogP contribution < -0.4 is 5.73 Å². The van der Waals surface area contributed by atoms with Crippen LogP contribution in [0.5, 0.6) is 0 Å². The number of fused-ring (bicyclic) bond motifs is 2. The molecular weight excluding hydrogens is 340 g/mol. The summed E-state index contributed by atoms with van der Waals surface area (Å²) < 4.78 is 21.9. The summed E-state index contributed by atoms with van der Waals surface area (Å²) in [7, 11) is 2.60. The molecule has 25 heavy (non-hydrogen) atoms. The molecule has 0 radical (unpaired) electrons. The van der Waals surface area contributed by atoms with E-state index < -0.39 is 61.0 Å². The van der Waals surface area contributed by atoms with Crippen molar-refractivity contribution in [2.75, 3.05) is 20.8 Å². The Bertz CT molecular complexity index is 611. The number of rotatable bonds is 3. The maximum absolute atomic E-state index is 12.2. The monoisotopic (exact) mass is 360 g/mol. The fraction of sp³-hybridized carbons (Fsp3) is 0.714. The van der Waals surface area contributed by atoms with Crippen molar-refractivity contribution < 1.29 is 43.9 Å². The number of methoxy groups -OCH3 is 1. The average Bonchev–Trinajstić information content (AvgIpc) is 2.59. The second-order valence-corrected chi connectivity index (χ2v) is 6.04. The fourth-order valence-electron chi connectivity index (χ4n) is 3.27. The van der Waals surface area contributed by atoms with Crippen molar-refractivity contribution in [2.45, 2.75) is 42.5 Å². The van der Waals surface area contributed by atoms with E-state index in [1.165, 1.54) is 14.2 Å². The van der Waals surface area contributed by atoms with Gasteiger partial charge in [-0.1, -0.05) is 0 Å². The molecule has 140 valence electrons. The number of primary amides is 1. The number of nitrogens with zero attached hydrogens (tertiary/aromatic N) is 1. The Morgan fingerprint density at radius 3 is 2.64 bits per heavy atom. The second kappa shape index (κ2) is 6.20. The van der Waals surface area contributed by atoms with Gasteiger partial charge in [-0.3, -0.25) is 9.59 Å². The lowest BCUT2D eigenvalue weighted by Crippen LogP contribution is -2.75. The van der Waals surface area contributed by atoms with Gasteiger partial charge in [0.05, 0.1) is 13.7 Å². The molecule has 3 heterocycles. The lowest BCUT2D eigenvalue weighted by Gasteiger charge is -2.54. The van der Waals surface area contributed by atoms with Crippen LogP contribution in [0.2, 0.25) is 0 Å². The van der Waals surface area contributed by atoms with Crippen LogP contribution in [0.3, 0.4) is 0 Å². The minimum Gasteiger partial charge on any atom is -0.497 e. The highest BCUT2D eigenvalue weighted by atomic mass is 16.8. The molecule has 5 N–H and O–H groups in total. The Morgan fingerprint density at radius 1 is 1.40 bits per heavy atom. The molecule has 3 aliphatic rings. The average molecular weight is 360 g/mol. The SMILES string of the molecule is COC1=CC(=O)N(C)C2OC3C(OC(CO)C(O)C3O)OC12C(N)=O. The lowest BCUT2D eigenvalue weighted by molar-refractivity contribution is -0.393. The van der Waals surface area contributed by atoms with E-state index in [2.05, 4.69) is 0 Å². The lowest BCUT2D eigenvalue weighted by atomic mass is 9.89. The van der Waals surface area contributed by atoms with Crippen LogP contribution >= 0.6 is 0 Å². The Morgan fingerprint density at radius 2 is 2.08 bits per heavy atom. The van der Waals surface area contributed by atoms with E-state index in [-0.39, 0.29) is 5.76 Å². The quantitative estimate of drug-likeness (QED) is 0.398. The van der Waals surface area contributed by atoms with Crippen LogP contribution in [0.1, 0.15) is 0 Å². The van der Waals surface area contributed by atoms with Gasteiger partial charge in [0, 0.05) is 13.1 Å². The number of nitrogens with two attached hydrogens (primary N) is 1. The third-order valence-corrected chi connectivity index (χ3v) is 4.67. The third kappa shape index (κ3) is 2.43. The normalized spacial score (nSPS) is 43.8. The van der Waals surface area contributed by atoms with Crippen molar-refractivity contribution in [1.29, 1.82) is 0 Å². The molecular formula is C14H20N2O9. The van der Waals surface area contributed by atoms with E-state index in [9.17, 15) is 24.9 Å². The summed E-state index contributed by atoms with van der Waals surface area (Å²) in [5.74, 6) is -1.69. The van der Waals surface area contributed by atoms with Gasteiger partial charge >= 0.3 is 0 Å². The molecule has 3 rings (SSSR count). The summed E-state index contributed by atoms with van der Waals surface area (Å²) in [6.45, 7) is -0.594. The zero-order chi connectivity index (χ0) is 18.5. The first-order valence-corrected chi connectivity index (χ1v) is 7.56. The molecule has 3 aliphatic heterocycles. The van der Waals surface area contributed by atoms with Gasteiger partial charge < -0.3 is 44.9 Å². The third-order valence-electron chi connectivity index (χ3n) is 4.67. The minimum absolute atomic E-state index is 0.170. The summed E-state index contributed by atoms with van der Waals surface area (Å²) >= 11 is 0. The molecule has 0 aromatic carbocycles. The van der Waals surface area contributed by atoms with Gasteiger partial charge in [-0.25, -0.2) is 0 Å². The summed E-state index contributed by atoms with van der Waals surface area (Å²) in [5, 5.41) is 29.5. The number of aliphatic hydroxyl groups is 3. The Balaban J connectivity index is 2.05. The van der Waals surface area contributed by atoms with Crippen molar-refractivity contribution >= 4 is 11.8 Å². The van der Waals surface area contributed by atoms with Gasteiger partial charge in [-0.05, 0) is 0 Å². The predicted molar refractivity (Wildman–Crippen MR) is 77.3 cm³/mol. The predicted octanol–water partition coefficient (Wildman–Crippen LogP) is -3.61. The van der Waals surface area contributed by atoms with Crippen LogP contribution in [-0.2, 0) is 28.5 Å². The number of carbonyl (C=O) groups excluding carboxylic acids is 2. The zero-order valence-corrected chi connectivity index (χ0v) is 13.6. The summed E-state index contributed by atoms with van der Waals surface area (Å²) in [6.07, 6.45) is -6.93. The maximum atomic E-state index is 12.2. The van der Waals surface area contributed by atoms with Gasteiger partial charge in [0.25, 0.3) is 17.4 Å². The van der Waals surface area contributed by atoms with Crippen molar-refractivity contribution in [1.82, 2.24) is 4.90 Å². The van der Waals surface area contributed by atoms with Crippen molar-refractivity contribution in [2.24, 2.45) is 5.73 Å². The van der Waals surface area contributed by atoms with Crippen molar-refractivity contribution in [3.8, 4) is 0 Å². The highest BCUT2D eigenvalue weighted by Crippen LogP contribution is 2.43. The van der Waals surface area contributed by atoms with E-state index in [4.69, 9.17) is 24.7 Å². The van der Waals surface area contributed by atoms with Crippen LogP contribution in [0, 0.1) is 0 Å². The number of hydrogen-bond donors (Lipinski definition) is 4. The summed E-state index contributed by atoms with van der Waals surface area (Å²) in [5.41, 5.74) is 3.52. The summed E-state index contributed by atoms with van der Waals surface area (Å²) in [6, 6.07) is 0. The van der Waals surface area contributed by atoms with E-state index >= 15 is 0 Å². The summed E-state index contributed by atoms with van der Waals surface area (Å²) in [4.78, 5) is 25.4. The number of likely N-dealkylation sites (N-methyl/N-ethyl adjacent to an activating group) is 1. The molecule has 0 bridgehead atoms. The van der Waals surface area contributed by atoms with E-state index in [1.54, 1.807) is 0 Å². The van der Waals surface area contributed by atoms with E-state index in [0.717, 1.165) is 11.0 Å². The smallest absolute Gasteiger partial charge is 0.262 e. The van der Waals surface area contributed by atoms with Crippen LogP contribution in [-0.4, -0.2) is 95.3 Å². The van der Waals surface area contributed by atoms with Crippen molar-refractivity contribution in [3.05, 3.63) is 11.8 Å². The largest absolute Gasteiger partial charge is 0.497 e. The molecule has 2 fully saturated rings. The number of aliphatic hydroxyl groups excluding tert-OH is 3. The molecule has 0 saturated carbocycles. The van der Waals surface area contributed by atoms with Crippen LogP contribution in [0.4, 0.5) is 0 Å². The molecule has 2 amide bonds. The fourth-order valence-corrected chi connectivity index (χ4v) is 3.27. The van der Waals surface area contributed by atoms with E-state index in [0.29, 0.717) is 0 Å². The molecule has 7 atom stereocenters. The molecule has 0 spiro atoms. The molecule has 11 heteroatoms. The standard InChI is InChI=1S/C14H20N2O9/c1-16-7(18)3-6(22-2)14(12(15)21)13(16)24-10-9(20)8(19)5(4-17)23-11(10)25-14/h3,5,8-11,13,17,19-20H,4H2,1-2H3,(H2,15,21). The van der Waals surface area contributed by atoms with Gasteiger partial charge in [0.2, 0.25) is 0 Å². The maximum Gasteiger partial charge on any atom is 0.262 e. The Kier molecular flexibility index (Phi) is 4.47. The van der Waals surface area contributed by atoms with Gasteiger partial charge in [-0.15, -0.1) is 0 Å². The van der Waals surface area contributed by atoms with Crippen LogP contribution in [0.15, 0.2) is 11.8 Å². The van der Waals surface area contributed by atoms with Crippen LogP contribution in [0.25, 0.3) is 0 Å². The Hall–Kier alpha value is -1.76. The van der Waals surface area contributed by atoms with E-state index in [1.807, 2.05) is 0 Å². The topological polar surface area (TPSA) is 161 Å². The molecule has 7 unspecified atom stereocenters. The van der Waals surface area contributed by atoms with Crippen molar-refractivity contribution in [3.63, 3.8) is 0 Å². The number of amides is 2. The number of hydrogen-bond acceptors (Lipinski definition) is 9. The van der Waals surface area contributed by atoms with Gasteiger partial charge in [0.15, 0.2) is 12.5 Å². The molecule has 11 nitrogen and oxygen atoms in total.